The van der Waals surface area contributed by atoms with Crippen molar-refractivity contribution >= 4 is 12.2 Å². The van der Waals surface area contributed by atoms with E-state index >= 15 is 0 Å². The minimum Gasteiger partial charge on any atom is -0.447 e. The lowest BCUT2D eigenvalue weighted by Crippen LogP contribution is -2.52. The summed E-state index contributed by atoms with van der Waals surface area (Å²) in [7, 11) is 0. The first-order chi connectivity index (χ1) is 14.2. The molecule has 0 spiro atoms. The Balaban J connectivity index is 1.37. The van der Waals surface area contributed by atoms with Gasteiger partial charge in [0.25, 0.3) is 0 Å². The molecule has 2 aromatic rings. The van der Waals surface area contributed by atoms with Crippen molar-refractivity contribution in [1.82, 2.24) is 9.88 Å². The number of carbonyl (C=O) groups excluding carboxylic acids is 1. The topological polar surface area (TPSA) is 42.4 Å². The third-order valence-corrected chi connectivity index (χ3v) is 6.78. The molecule has 5 rings (SSSR count). The highest BCUT2D eigenvalue weighted by Gasteiger charge is 2.48. The summed E-state index contributed by atoms with van der Waals surface area (Å²) in [5.74, 6) is 1.25. The smallest absolute Gasteiger partial charge is 0.410 e. The standard InChI is InChI=1S/C24H25FN2O2/c25-19-6-3-5-16(12-19)17-8-9-20(26-13-17)10-11-22-21-7-2-1-4-18(21)14-27-23(22)15-29-24(27)28/h3,5-6,8-13,18,21-23H,1-2,4,7,14-15H2/b11-10+/t18?,21?,22?,23-/m0/s1. The molecule has 29 heavy (non-hydrogen) atoms. The van der Waals surface area contributed by atoms with Crippen LogP contribution in [0, 0.1) is 23.6 Å². The summed E-state index contributed by atoms with van der Waals surface area (Å²) in [5, 5.41) is 0. The first kappa shape index (κ1) is 18.3. The van der Waals surface area contributed by atoms with E-state index < -0.39 is 0 Å². The van der Waals surface area contributed by atoms with Crippen molar-refractivity contribution in [2.75, 3.05) is 13.2 Å². The van der Waals surface area contributed by atoms with E-state index in [4.69, 9.17) is 4.74 Å². The van der Waals surface area contributed by atoms with E-state index in [0.29, 0.717) is 24.4 Å². The monoisotopic (exact) mass is 392 g/mol. The van der Waals surface area contributed by atoms with Gasteiger partial charge in [-0.2, -0.15) is 0 Å². The Morgan fingerprint density at radius 1 is 1.14 bits per heavy atom. The number of fused-ring (bicyclic) bond motifs is 2. The lowest BCUT2D eigenvalue weighted by atomic mass is 9.67. The fourth-order valence-electron chi connectivity index (χ4n) is 5.32. The van der Waals surface area contributed by atoms with Gasteiger partial charge >= 0.3 is 6.09 Å². The van der Waals surface area contributed by atoms with Crippen molar-refractivity contribution in [2.24, 2.45) is 17.8 Å². The Morgan fingerprint density at radius 3 is 2.86 bits per heavy atom. The molecule has 0 bridgehead atoms. The van der Waals surface area contributed by atoms with Crippen molar-refractivity contribution < 1.29 is 13.9 Å². The number of amides is 1. The van der Waals surface area contributed by atoms with Gasteiger partial charge in [0.05, 0.1) is 11.7 Å². The van der Waals surface area contributed by atoms with Crippen LogP contribution in [0.5, 0.6) is 0 Å². The van der Waals surface area contributed by atoms with Crippen LogP contribution in [-0.4, -0.2) is 35.2 Å². The van der Waals surface area contributed by atoms with Crippen molar-refractivity contribution in [1.29, 1.82) is 0 Å². The van der Waals surface area contributed by atoms with Gasteiger partial charge in [-0.1, -0.05) is 37.1 Å². The number of pyridine rings is 1. The predicted octanol–water partition coefficient (Wildman–Crippen LogP) is 5.16. The molecular formula is C24H25FN2O2. The molecule has 2 saturated heterocycles. The molecule has 0 radical (unpaired) electrons. The molecule has 4 nitrogen and oxygen atoms in total. The average Bonchev–Trinajstić information content (AvgIpc) is 3.12. The molecular weight excluding hydrogens is 367 g/mol. The summed E-state index contributed by atoms with van der Waals surface area (Å²) in [6.45, 7) is 1.34. The third kappa shape index (κ3) is 3.54. The van der Waals surface area contributed by atoms with Crippen LogP contribution in [0.15, 0.2) is 48.7 Å². The van der Waals surface area contributed by atoms with Gasteiger partial charge in [-0.05, 0) is 54.5 Å². The first-order valence-corrected chi connectivity index (χ1v) is 10.5. The van der Waals surface area contributed by atoms with Gasteiger partial charge in [-0.15, -0.1) is 0 Å². The fraction of sp³-hybridized carbons (Fsp3) is 0.417. The summed E-state index contributed by atoms with van der Waals surface area (Å²) in [5.41, 5.74) is 2.59. The summed E-state index contributed by atoms with van der Waals surface area (Å²) >= 11 is 0. The highest BCUT2D eigenvalue weighted by molar-refractivity contribution is 5.70. The molecule has 1 amide bonds. The Bertz CT molecular complexity index is 927. The van der Waals surface area contributed by atoms with E-state index in [2.05, 4.69) is 17.1 Å². The molecule has 1 saturated carbocycles. The van der Waals surface area contributed by atoms with Gasteiger partial charge in [-0.3, -0.25) is 4.98 Å². The SMILES string of the molecule is O=C1OC[C@H]2C(/C=C/c3ccc(-c4cccc(F)c4)cn3)C3CCCCC3CN12. The quantitative estimate of drug-likeness (QED) is 0.725. The average molecular weight is 392 g/mol. The Hall–Kier alpha value is -2.69. The second-order valence-corrected chi connectivity index (χ2v) is 8.42. The zero-order valence-electron chi connectivity index (χ0n) is 16.3. The van der Waals surface area contributed by atoms with E-state index in [1.807, 2.05) is 23.1 Å². The van der Waals surface area contributed by atoms with Crippen LogP contribution in [0.25, 0.3) is 17.2 Å². The maximum Gasteiger partial charge on any atom is 0.410 e. The number of cyclic esters (lactones) is 1. The van der Waals surface area contributed by atoms with Gasteiger partial charge in [0.15, 0.2) is 0 Å². The van der Waals surface area contributed by atoms with Crippen LogP contribution in [0.3, 0.4) is 0 Å². The zero-order chi connectivity index (χ0) is 19.8. The highest BCUT2D eigenvalue weighted by atomic mass is 19.1. The van der Waals surface area contributed by atoms with Crippen LogP contribution in [0.2, 0.25) is 0 Å². The van der Waals surface area contributed by atoms with Crippen LogP contribution in [0.1, 0.15) is 31.4 Å². The van der Waals surface area contributed by atoms with Crippen LogP contribution in [-0.2, 0) is 4.74 Å². The van der Waals surface area contributed by atoms with Crippen LogP contribution < -0.4 is 0 Å². The number of benzene rings is 1. The minimum atomic E-state index is -0.247. The van der Waals surface area contributed by atoms with Gasteiger partial charge in [0.2, 0.25) is 0 Å². The fourth-order valence-corrected chi connectivity index (χ4v) is 5.32. The zero-order valence-corrected chi connectivity index (χ0v) is 16.3. The number of aromatic nitrogens is 1. The maximum absolute atomic E-state index is 13.5. The van der Waals surface area contributed by atoms with E-state index in [0.717, 1.165) is 23.4 Å². The van der Waals surface area contributed by atoms with E-state index in [9.17, 15) is 9.18 Å². The molecule has 5 heteroatoms. The molecule has 3 aliphatic rings. The molecule has 1 aliphatic carbocycles. The first-order valence-electron chi connectivity index (χ1n) is 10.5. The maximum atomic E-state index is 13.5. The number of hydrogen-bond donors (Lipinski definition) is 0. The lowest BCUT2D eigenvalue weighted by Gasteiger charge is -2.46. The molecule has 150 valence electrons. The normalized spacial score (nSPS) is 28.9. The molecule has 1 aromatic heterocycles. The molecule has 3 heterocycles. The summed E-state index contributed by atoms with van der Waals surface area (Å²) in [4.78, 5) is 18.6. The molecule has 0 N–H and O–H groups in total. The minimum absolute atomic E-state index is 0.143. The van der Waals surface area contributed by atoms with E-state index in [-0.39, 0.29) is 18.0 Å². The Morgan fingerprint density at radius 2 is 2.03 bits per heavy atom. The second-order valence-electron chi connectivity index (χ2n) is 8.42. The lowest BCUT2D eigenvalue weighted by molar-refractivity contribution is 0.0472. The molecule has 4 atom stereocenters. The molecule has 1 aromatic carbocycles. The number of piperidine rings is 1. The number of rotatable bonds is 3. The largest absolute Gasteiger partial charge is 0.447 e. The molecule has 3 fully saturated rings. The number of hydrogen-bond acceptors (Lipinski definition) is 3. The summed E-state index contributed by atoms with van der Waals surface area (Å²) in [6.07, 6.45) is 10.9. The van der Waals surface area contributed by atoms with Crippen LogP contribution >= 0.6 is 0 Å². The van der Waals surface area contributed by atoms with Crippen molar-refractivity contribution in [2.45, 2.75) is 31.7 Å². The van der Waals surface area contributed by atoms with Gasteiger partial charge < -0.3 is 9.64 Å². The number of carbonyl (C=O) groups is 1. The number of halogens is 1. The van der Waals surface area contributed by atoms with Crippen molar-refractivity contribution in [3.8, 4) is 11.1 Å². The Labute approximate surface area is 170 Å². The van der Waals surface area contributed by atoms with E-state index in [1.54, 1.807) is 12.3 Å². The van der Waals surface area contributed by atoms with Crippen molar-refractivity contribution in [3.05, 3.63) is 60.2 Å². The highest BCUT2D eigenvalue weighted by Crippen LogP contribution is 2.44. The van der Waals surface area contributed by atoms with Crippen molar-refractivity contribution in [3.63, 3.8) is 0 Å². The Kier molecular flexibility index (Phi) is 4.82. The van der Waals surface area contributed by atoms with Crippen LogP contribution in [0.4, 0.5) is 9.18 Å². The van der Waals surface area contributed by atoms with Gasteiger partial charge in [-0.25, -0.2) is 9.18 Å². The summed E-state index contributed by atoms with van der Waals surface area (Å²) in [6, 6.07) is 10.6. The molecule has 2 aliphatic heterocycles. The number of nitrogens with zero attached hydrogens (tertiary/aromatic N) is 2. The third-order valence-electron chi connectivity index (χ3n) is 6.78. The van der Waals surface area contributed by atoms with E-state index in [1.165, 1.54) is 37.8 Å². The predicted molar refractivity (Wildman–Crippen MR) is 109 cm³/mol. The number of ether oxygens (including phenoxy) is 1. The molecule has 3 unspecified atom stereocenters. The second kappa shape index (κ2) is 7.62. The van der Waals surface area contributed by atoms with Gasteiger partial charge in [0.1, 0.15) is 12.4 Å². The summed E-state index contributed by atoms with van der Waals surface area (Å²) < 4.78 is 18.8. The van der Waals surface area contributed by atoms with Gasteiger partial charge in [0, 0.05) is 24.2 Å².